The van der Waals surface area contributed by atoms with Crippen molar-refractivity contribution in [1.82, 2.24) is 19.6 Å². The molecular weight excluding hydrogens is 324 g/mol. The van der Waals surface area contributed by atoms with Crippen molar-refractivity contribution in [3.8, 4) is 0 Å². The van der Waals surface area contributed by atoms with Gasteiger partial charge in [-0.05, 0) is 30.6 Å². The normalized spacial score (nSPS) is 18.3. The summed E-state index contributed by atoms with van der Waals surface area (Å²) in [6.45, 7) is 0.166. The molecule has 0 radical (unpaired) electrons. The zero-order valence-corrected chi connectivity index (χ0v) is 13.5. The van der Waals surface area contributed by atoms with E-state index in [-0.39, 0.29) is 18.5 Å². The number of amides is 3. The molecule has 0 aromatic carbocycles. The van der Waals surface area contributed by atoms with Gasteiger partial charge in [0, 0.05) is 12.4 Å². The van der Waals surface area contributed by atoms with E-state index >= 15 is 0 Å². The summed E-state index contributed by atoms with van der Waals surface area (Å²) >= 11 is 7.58. The van der Waals surface area contributed by atoms with Gasteiger partial charge in [-0.1, -0.05) is 11.6 Å². The number of thioether (sulfide) groups is 1. The molecule has 0 spiro atoms. The lowest BCUT2D eigenvalue weighted by Crippen LogP contribution is -2.31. The Bertz CT molecular complexity index is 733. The van der Waals surface area contributed by atoms with Gasteiger partial charge in [-0.3, -0.25) is 9.69 Å². The molecule has 1 N–H and O–H groups in total. The average molecular weight is 339 g/mol. The molecule has 1 aliphatic rings. The second kappa shape index (κ2) is 6.18. The van der Waals surface area contributed by atoms with E-state index in [9.17, 15) is 9.59 Å². The summed E-state index contributed by atoms with van der Waals surface area (Å²) in [5.41, 5.74) is 1.38. The predicted octanol–water partition coefficient (Wildman–Crippen LogP) is 2.16. The molecule has 3 amide bonds. The second-order valence-corrected chi connectivity index (χ2v) is 6.47. The molecule has 6 nitrogen and oxygen atoms in total. The molecule has 0 saturated carbocycles. The maximum absolute atomic E-state index is 12.3. The average Bonchev–Trinajstić information content (AvgIpc) is 3.00. The minimum atomic E-state index is -0.425. The van der Waals surface area contributed by atoms with Crippen LogP contribution in [0.2, 0.25) is 5.02 Å². The lowest BCUT2D eigenvalue weighted by Gasteiger charge is -2.10. The highest BCUT2D eigenvalue weighted by Crippen LogP contribution is 2.17. The summed E-state index contributed by atoms with van der Waals surface area (Å²) < 4.78 is 1.78. The number of urea groups is 1. The van der Waals surface area contributed by atoms with Crippen LogP contribution in [-0.2, 0) is 11.3 Å². The zero-order chi connectivity index (χ0) is 15.7. The van der Waals surface area contributed by atoms with Crippen LogP contribution in [0, 0.1) is 0 Å². The van der Waals surface area contributed by atoms with Crippen molar-refractivity contribution in [3.63, 3.8) is 0 Å². The van der Waals surface area contributed by atoms with E-state index in [0.29, 0.717) is 17.1 Å². The third-order valence-corrected chi connectivity index (χ3v) is 4.37. The van der Waals surface area contributed by atoms with Crippen LogP contribution >= 0.6 is 23.4 Å². The van der Waals surface area contributed by atoms with Gasteiger partial charge in [0.2, 0.25) is 0 Å². The topological polar surface area (TPSA) is 66.7 Å². The molecule has 1 aliphatic heterocycles. The highest BCUT2D eigenvalue weighted by atomic mass is 35.5. The van der Waals surface area contributed by atoms with Crippen LogP contribution in [0.1, 0.15) is 12.1 Å². The van der Waals surface area contributed by atoms with Gasteiger partial charge < -0.3 is 9.72 Å². The Balaban J connectivity index is 1.76. The number of imidazole rings is 1. The van der Waals surface area contributed by atoms with Gasteiger partial charge in [0.05, 0.1) is 17.3 Å². The van der Waals surface area contributed by atoms with E-state index in [1.54, 1.807) is 40.7 Å². The maximum atomic E-state index is 12.3. The molecule has 1 unspecified atom stereocenters. The Labute approximate surface area is 136 Å². The van der Waals surface area contributed by atoms with Crippen LogP contribution in [0.5, 0.6) is 0 Å². The molecule has 116 valence electrons. The number of aromatic nitrogens is 2. The van der Waals surface area contributed by atoms with Crippen LogP contribution in [0.4, 0.5) is 4.79 Å². The fourth-order valence-electron chi connectivity index (χ4n) is 2.41. The Morgan fingerprint density at radius 2 is 2.18 bits per heavy atom. The molecule has 0 bridgehead atoms. The van der Waals surface area contributed by atoms with Crippen LogP contribution in [0.25, 0.3) is 5.65 Å². The Kier molecular flexibility index (Phi) is 4.26. The van der Waals surface area contributed by atoms with Crippen LogP contribution in [-0.4, -0.2) is 44.3 Å². The number of fused-ring (bicyclic) bond motifs is 1. The molecule has 3 heterocycles. The number of rotatable bonds is 5. The molecule has 1 atom stereocenters. The molecule has 2 aromatic heterocycles. The lowest BCUT2D eigenvalue weighted by molar-refractivity contribution is -0.127. The van der Waals surface area contributed by atoms with Crippen molar-refractivity contribution in [2.75, 3.05) is 12.0 Å². The number of carbonyl (C=O) groups excluding carboxylic acids is 2. The van der Waals surface area contributed by atoms with Crippen molar-refractivity contribution in [1.29, 1.82) is 0 Å². The van der Waals surface area contributed by atoms with Crippen molar-refractivity contribution >= 4 is 40.9 Å². The standard InChI is InChI=1S/C14H15ClN4O2S/c1-22-5-4-11-13(20)19(14(21)17-11)8-10-7-18-6-9(15)2-3-12(18)16-10/h2-3,6-7,11H,4-5,8H2,1H3,(H,17,21). The predicted molar refractivity (Wildman–Crippen MR) is 86.1 cm³/mol. The summed E-state index contributed by atoms with van der Waals surface area (Å²) in [6, 6.07) is 2.76. The minimum Gasteiger partial charge on any atom is -0.326 e. The van der Waals surface area contributed by atoms with Gasteiger partial charge in [0.15, 0.2) is 0 Å². The van der Waals surface area contributed by atoms with Gasteiger partial charge >= 0.3 is 6.03 Å². The third kappa shape index (κ3) is 2.91. The summed E-state index contributed by atoms with van der Waals surface area (Å²) in [6.07, 6.45) is 6.13. The van der Waals surface area contributed by atoms with E-state index in [1.165, 1.54) is 4.90 Å². The van der Waals surface area contributed by atoms with Crippen LogP contribution in [0.15, 0.2) is 24.5 Å². The Hall–Kier alpha value is -1.73. The number of pyridine rings is 1. The van der Waals surface area contributed by atoms with Gasteiger partial charge in [0.1, 0.15) is 11.7 Å². The first kappa shape index (κ1) is 15.2. The van der Waals surface area contributed by atoms with E-state index in [0.717, 1.165) is 11.4 Å². The third-order valence-electron chi connectivity index (χ3n) is 3.50. The van der Waals surface area contributed by atoms with Crippen molar-refractivity contribution in [2.24, 2.45) is 0 Å². The quantitative estimate of drug-likeness (QED) is 0.848. The van der Waals surface area contributed by atoms with E-state index in [2.05, 4.69) is 10.3 Å². The smallest absolute Gasteiger partial charge is 0.325 e. The summed E-state index contributed by atoms with van der Waals surface area (Å²) in [4.78, 5) is 29.9. The molecular formula is C14H15ClN4O2S. The number of hydrogen-bond acceptors (Lipinski definition) is 4. The summed E-state index contributed by atoms with van der Waals surface area (Å²) in [5.74, 6) is 0.645. The largest absolute Gasteiger partial charge is 0.326 e. The molecule has 1 saturated heterocycles. The zero-order valence-electron chi connectivity index (χ0n) is 12.0. The monoisotopic (exact) mass is 338 g/mol. The number of nitrogens with zero attached hydrogens (tertiary/aromatic N) is 3. The van der Waals surface area contributed by atoms with Crippen molar-refractivity contribution in [3.05, 3.63) is 35.2 Å². The van der Waals surface area contributed by atoms with Crippen LogP contribution in [0.3, 0.4) is 0 Å². The molecule has 0 aliphatic carbocycles. The van der Waals surface area contributed by atoms with Crippen molar-refractivity contribution in [2.45, 2.75) is 19.0 Å². The fraction of sp³-hybridized carbons (Fsp3) is 0.357. The first-order valence-corrected chi connectivity index (χ1v) is 8.59. The molecule has 8 heteroatoms. The number of hydrogen-bond donors (Lipinski definition) is 1. The minimum absolute atomic E-state index is 0.166. The summed E-state index contributed by atoms with van der Waals surface area (Å²) in [5, 5.41) is 3.32. The fourth-order valence-corrected chi connectivity index (χ4v) is 3.05. The lowest BCUT2D eigenvalue weighted by atomic mass is 10.2. The van der Waals surface area contributed by atoms with E-state index in [4.69, 9.17) is 11.6 Å². The highest BCUT2D eigenvalue weighted by molar-refractivity contribution is 7.98. The van der Waals surface area contributed by atoms with Gasteiger partial charge in [-0.2, -0.15) is 11.8 Å². The van der Waals surface area contributed by atoms with E-state index < -0.39 is 6.04 Å². The van der Waals surface area contributed by atoms with E-state index in [1.807, 2.05) is 6.26 Å². The van der Waals surface area contributed by atoms with Crippen molar-refractivity contribution < 1.29 is 9.59 Å². The van der Waals surface area contributed by atoms with Gasteiger partial charge in [-0.15, -0.1) is 0 Å². The van der Waals surface area contributed by atoms with Gasteiger partial charge in [0.25, 0.3) is 5.91 Å². The SMILES string of the molecule is CSCCC1NC(=O)N(Cc2cn3cc(Cl)ccc3n2)C1=O. The second-order valence-electron chi connectivity index (χ2n) is 5.05. The number of carbonyl (C=O) groups is 2. The Morgan fingerprint density at radius 3 is 2.95 bits per heavy atom. The Morgan fingerprint density at radius 1 is 1.36 bits per heavy atom. The first-order chi connectivity index (χ1) is 10.6. The van der Waals surface area contributed by atoms with Crippen LogP contribution < -0.4 is 5.32 Å². The number of imide groups is 1. The molecule has 3 rings (SSSR count). The molecule has 22 heavy (non-hydrogen) atoms. The highest BCUT2D eigenvalue weighted by Gasteiger charge is 2.37. The number of halogens is 1. The summed E-state index contributed by atoms with van der Waals surface area (Å²) in [7, 11) is 0. The molecule has 2 aromatic rings. The van der Waals surface area contributed by atoms with Gasteiger partial charge in [-0.25, -0.2) is 9.78 Å². The maximum Gasteiger partial charge on any atom is 0.325 e. The first-order valence-electron chi connectivity index (χ1n) is 6.82. The molecule has 1 fully saturated rings. The number of nitrogens with one attached hydrogen (secondary N) is 1.